The van der Waals surface area contributed by atoms with Crippen LogP contribution in [0.1, 0.15) is 81.4 Å². The Morgan fingerprint density at radius 2 is 1.77 bits per heavy atom. The van der Waals surface area contributed by atoms with E-state index < -0.39 is 11.6 Å². The van der Waals surface area contributed by atoms with Crippen LogP contribution in [0.2, 0.25) is 6.32 Å². The molecule has 2 heterocycles. The van der Waals surface area contributed by atoms with Crippen molar-refractivity contribution in [3.8, 4) is 5.75 Å². The summed E-state index contributed by atoms with van der Waals surface area (Å²) < 4.78 is 30.6. The van der Waals surface area contributed by atoms with Crippen LogP contribution in [0.25, 0.3) is 0 Å². The predicted molar refractivity (Wildman–Crippen MR) is 168 cm³/mol. The number of carbonyl (C=O) groups excluding carboxylic acids is 2. The first kappa shape index (κ1) is 31.0. The normalized spacial score (nSPS) is 27.2. The second-order valence-corrected chi connectivity index (χ2v) is 14.8. The Morgan fingerprint density at radius 1 is 1.05 bits per heavy atom. The van der Waals surface area contributed by atoms with Crippen molar-refractivity contribution in [1.29, 1.82) is 0 Å². The molecule has 2 aromatic carbocycles. The standard InChI is InChI=1S/C35H46BNO7/c1-22-24(15-16-36-43-29-18-25-17-28(34(25,5)6)35(29,7)44-36)13-14-27(30(22)31(38)42-33(2,3)4)41-26-19-37(20-26)32(39)40-21-23-11-9-8-10-12-23/h8-14,25-26,28-29H,15-21H2,1-7H3/t25-,28-,29+,35-/m0/s1. The van der Waals surface area contributed by atoms with E-state index in [4.69, 9.17) is 23.5 Å². The Labute approximate surface area is 261 Å². The van der Waals surface area contributed by atoms with Gasteiger partial charge in [0.15, 0.2) is 0 Å². The van der Waals surface area contributed by atoms with E-state index in [2.05, 4.69) is 20.8 Å². The zero-order valence-electron chi connectivity index (χ0n) is 27.2. The molecule has 8 nitrogen and oxygen atoms in total. The summed E-state index contributed by atoms with van der Waals surface area (Å²) in [6.45, 7) is 15.5. The van der Waals surface area contributed by atoms with Gasteiger partial charge in [-0.25, -0.2) is 9.59 Å². The second kappa shape index (κ2) is 11.4. The van der Waals surface area contributed by atoms with E-state index >= 15 is 0 Å². The summed E-state index contributed by atoms with van der Waals surface area (Å²) in [4.78, 5) is 27.6. The minimum atomic E-state index is -0.654. The molecule has 0 unspecified atom stereocenters. The number of likely N-dealkylation sites (tertiary alicyclic amines) is 1. The molecule has 0 spiro atoms. The third-order valence-electron chi connectivity index (χ3n) is 10.4. The first-order valence-electron chi connectivity index (χ1n) is 16.1. The smallest absolute Gasteiger partial charge is 0.457 e. The number of carbonyl (C=O) groups is 2. The Kier molecular flexibility index (Phi) is 8.02. The zero-order chi connectivity index (χ0) is 31.4. The fraction of sp³-hybridized carbons (Fsp3) is 0.600. The zero-order valence-corrected chi connectivity index (χ0v) is 27.2. The van der Waals surface area contributed by atoms with Crippen LogP contribution in [0.4, 0.5) is 4.79 Å². The molecule has 2 bridgehead atoms. The molecular formula is C35H46BNO7. The molecule has 7 rings (SSSR count). The van der Waals surface area contributed by atoms with Gasteiger partial charge in [-0.2, -0.15) is 0 Å². The molecule has 0 aromatic heterocycles. The number of benzene rings is 2. The highest BCUT2D eigenvalue weighted by molar-refractivity contribution is 6.45. The molecular weight excluding hydrogens is 557 g/mol. The van der Waals surface area contributed by atoms with Crippen molar-refractivity contribution in [1.82, 2.24) is 4.90 Å². The van der Waals surface area contributed by atoms with E-state index in [0.29, 0.717) is 54.4 Å². The minimum Gasteiger partial charge on any atom is -0.486 e. The number of rotatable bonds is 8. The number of ether oxygens (including phenoxy) is 3. The van der Waals surface area contributed by atoms with Gasteiger partial charge in [-0.05, 0) is 100 Å². The lowest BCUT2D eigenvalue weighted by atomic mass is 9.43. The summed E-state index contributed by atoms with van der Waals surface area (Å²) in [6.07, 6.45) is 3.23. The lowest BCUT2D eigenvalue weighted by Crippen LogP contribution is -2.65. The molecule has 2 aliphatic heterocycles. The first-order chi connectivity index (χ1) is 20.7. The number of aryl methyl sites for hydroxylation is 1. The molecule has 0 radical (unpaired) electrons. The van der Waals surface area contributed by atoms with Gasteiger partial charge in [0.05, 0.1) is 24.8 Å². The Morgan fingerprint density at radius 3 is 2.45 bits per heavy atom. The SMILES string of the molecule is Cc1c(CCB2O[C@@H]3C[C@@H]4C[C@@H](C4(C)C)[C@]3(C)O2)ccc(OC2CN(C(=O)OCc3ccccc3)C2)c1C(=O)OC(C)(C)C. The van der Waals surface area contributed by atoms with Gasteiger partial charge in [0.25, 0.3) is 0 Å². The van der Waals surface area contributed by atoms with Crippen molar-refractivity contribution in [2.45, 2.75) is 104 Å². The molecule has 0 N–H and O–H groups in total. The van der Waals surface area contributed by atoms with E-state index in [9.17, 15) is 9.59 Å². The molecule has 5 fully saturated rings. The maximum atomic E-state index is 13.5. The highest BCUT2D eigenvalue weighted by Gasteiger charge is 2.67. The first-order valence-corrected chi connectivity index (χ1v) is 16.1. The van der Waals surface area contributed by atoms with Crippen LogP contribution in [-0.4, -0.2) is 60.6 Å². The Hall–Kier alpha value is -3.04. The molecule has 236 valence electrons. The highest BCUT2D eigenvalue weighted by Crippen LogP contribution is 2.65. The maximum absolute atomic E-state index is 13.5. The molecule has 44 heavy (non-hydrogen) atoms. The van der Waals surface area contributed by atoms with Crippen molar-refractivity contribution in [2.75, 3.05) is 13.1 Å². The molecule has 2 saturated heterocycles. The maximum Gasteiger partial charge on any atom is 0.457 e. The fourth-order valence-corrected chi connectivity index (χ4v) is 7.68. The van der Waals surface area contributed by atoms with Crippen molar-refractivity contribution >= 4 is 19.2 Å². The molecule has 3 aliphatic carbocycles. The summed E-state index contributed by atoms with van der Waals surface area (Å²) in [5.41, 5.74) is 2.65. The topological polar surface area (TPSA) is 83.5 Å². The molecule has 3 saturated carbocycles. The molecule has 2 aromatic rings. The highest BCUT2D eigenvalue weighted by atomic mass is 16.7. The molecule has 9 heteroatoms. The average molecular weight is 604 g/mol. The van der Waals surface area contributed by atoms with Crippen LogP contribution >= 0.6 is 0 Å². The molecule has 5 aliphatic rings. The van der Waals surface area contributed by atoms with E-state index in [1.54, 1.807) is 4.90 Å². The number of amides is 1. The van der Waals surface area contributed by atoms with Crippen LogP contribution in [-0.2, 0) is 31.8 Å². The summed E-state index contributed by atoms with van der Waals surface area (Å²) in [5.74, 6) is 1.28. The number of nitrogens with zero attached hydrogens (tertiary/aromatic N) is 1. The lowest BCUT2D eigenvalue weighted by Gasteiger charge is -2.64. The van der Waals surface area contributed by atoms with Gasteiger partial charge in [-0.15, -0.1) is 0 Å². The Balaban J connectivity index is 1.10. The predicted octanol–water partition coefficient (Wildman–Crippen LogP) is 6.62. The van der Waals surface area contributed by atoms with Crippen molar-refractivity contribution < 1.29 is 33.1 Å². The molecule has 4 atom stereocenters. The minimum absolute atomic E-state index is 0.149. The summed E-state index contributed by atoms with van der Waals surface area (Å²) in [6, 6.07) is 13.5. The number of hydrogen-bond donors (Lipinski definition) is 0. The monoisotopic (exact) mass is 603 g/mol. The summed E-state index contributed by atoms with van der Waals surface area (Å²) >= 11 is 0. The third-order valence-corrected chi connectivity index (χ3v) is 10.4. The summed E-state index contributed by atoms with van der Waals surface area (Å²) in [5, 5.41) is 0. The fourth-order valence-electron chi connectivity index (χ4n) is 7.68. The van der Waals surface area contributed by atoms with Gasteiger partial charge in [0, 0.05) is 0 Å². The summed E-state index contributed by atoms with van der Waals surface area (Å²) in [7, 11) is -0.261. The van der Waals surface area contributed by atoms with Crippen LogP contribution in [0.5, 0.6) is 5.75 Å². The van der Waals surface area contributed by atoms with Gasteiger partial charge in [0.1, 0.15) is 29.6 Å². The van der Waals surface area contributed by atoms with E-state index in [-0.39, 0.29) is 37.6 Å². The lowest BCUT2D eigenvalue weighted by molar-refractivity contribution is -0.199. The van der Waals surface area contributed by atoms with Crippen LogP contribution < -0.4 is 4.74 Å². The van der Waals surface area contributed by atoms with Crippen molar-refractivity contribution in [3.63, 3.8) is 0 Å². The number of esters is 1. The van der Waals surface area contributed by atoms with E-state index in [1.165, 1.54) is 6.42 Å². The second-order valence-electron chi connectivity index (χ2n) is 14.8. The van der Waals surface area contributed by atoms with Gasteiger partial charge >= 0.3 is 19.2 Å². The van der Waals surface area contributed by atoms with Crippen LogP contribution in [0.15, 0.2) is 42.5 Å². The van der Waals surface area contributed by atoms with E-state index in [0.717, 1.165) is 23.1 Å². The quantitative estimate of drug-likeness (QED) is 0.248. The van der Waals surface area contributed by atoms with Crippen LogP contribution in [0.3, 0.4) is 0 Å². The van der Waals surface area contributed by atoms with Gasteiger partial charge in [-0.1, -0.05) is 50.2 Å². The van der Waals surface area contributed by atoms with Gasteiger partial charge in [0.2, 0.25) is 0 Å². The van der Waals surface area contributed by atoms with Crippen molar-refractivity contribution in [3.05, 3.63) is 64.7 Å². The van der Waals surface area contributed by atoms with Crippen molar-refractivity contribution in [2.24, 2.45) is 17.3 Å². The van der Waals surface area contributed by atoms with Crippen LogP contribution in [0, 0.1) is 24.2 Å². The molecule has 1 amide bonds. The Bertz CT molecular complexity index is 1400. The van der Waals surface area contributed by atoms with Gasteiger partial charge < -0.3 is 28.4 Å². The third kappa shape index (κ3) is 5.85. The van der Waals surface area contributed by atoms with Gasteiger partial charge in [-0.3, -0.25) is 0 Å². The number of hydrogen-bond acceptors (Lipinski definition) is 7. The largest absolute Gasteiger partial charge is 0.486 e. The average Bonchev–Trinajstić information content (AvgIpc) is 3.28. The van der Waals surface area contributed by atoms with E-state index in [1.807, 2.05) is 70.2 Å².